The molecule has 0 atom stereocenters. The standard InChI is InChI=1S/C20H15ClN2O2S2/c1-13(11-14-7-3-2-4-8-14)12-17-19(25)23(20(26)27-17)22-18(24)15-9-5-6-10-16(15)21/h2-12H,1H3,(H,22,24)/b13-11+,17-12+. The second kappa shape index (κ2) is 8.52. The lowest BCUT2D eigenvalue weighted by Gasteiger charge is -2.16. The molecule has 1 aliphatic rings. The van der Waals surface area contributed by atoms with Crippen molar-refractivity contribution in [2.75, 3.05) is 0 Å². The summed E-state index contributed by atoms with van der Waals surface area (Å²) in [6.45, 7) is 1.90. The van der Waals surface area contributed by atoms with Crippen molar-refractivity contribution < 1.29 is 9.59 Å². The van der Waals surface area contributed by atoms with E-state index in [0.717, 1.165) is 27.9 Å². The van der Waals surface area contributed by atoms with Gasteiger partial charge in [-0.2, -0.15) is 5.01 Å². The van der Waals surface area contributed by atoms with Gasteiger partial charge in [0.15, 0.2) is 4.32 Å². The van der Waals surface area contributed by atoms with Gasteiger partial charge in [0.1, 0.15) is 0 Å². The fraction of sp³-hybridized carbons (Fsp3) is 0.0500. The molecule has 1 aliphatic heterocycles. The van der Waals surface area contributed by atoms with Crippen LogP contribution in [0.3, 0.4) is 0 Å². The Hall–Kier alpha value is -2.41. The minimum atomic E-state index is -0.491. The Morgan fingerprint density at radius 3 is 2.52 bits per heavy atom. The molecular weight excluding hydrogens is 400 g/mol. The van der Waals surface area contributed by atoms with Crippen LogP contribution in [0.4, 0.5) is 0 Å². The highest BCUT2D eigenvalue weighted by Gasteiger charge is 2.34. The molecule has 2 amide bonds. The molecule has 27 heavy (non-hydrogen) atoms. The summed E-state index contributed by atoms with van der Waals surface area (Å²) in [5.74, 6) is -0.860. The van der Waals surface area contributed by atoms with Crippen LogP contribution in [0.2, 0.25) is 5.02 Å². The van der Waals surface area contributed by atoms with E-state index < -0.39 is 5.91 Å². The molecule has 0 aliphatic carbocycles. The van der Waals surface area contributed by atoms with Crippen LogP contribution in [0, 0.1) is 0 Å². The molecule has 1 fully saturated rings. The average Bonchev–Trinajstić information content (AvgIpc) is 2.90. The molecule has 0 bridgehead atoms. The van der Waals surface area contributed by atoms with E-state index in [2.05, 4.69) is 5.43 Å². The van der Waals surface area contributed by atoms with E-state index in [1.807, 2.05) is 43.3 Å². The molecule has 0 saturated carbocycles. The molecule has 0 radical (unpaired) electrons. The van der Waals surface area contributed by atoms with Crippen molar-refractivity contribution in [1.82, 2.24) is 10.4 Å². The first-order chi connectivity index (χ1) is 13.0. The summed E-state index contributed by atoms with van der Waals surface area (Å²) >= 11 is 12.4. The van der Waals surface area contributed by atoms with Gasteiger partial charge in [-0.05, 0) is 48.5 Å². The minimum absolute atomic E-state index is 0.263. The first kappa shape index (κ1) is 19.4. The first-order valence-electron chi connectivity index (χ1n) is 8.02. The lowest BCUT2D eigenvalue weighted by Crippen LogP contribution is -2.44. The number of nitrogens with one attached hydrogen (secondary N) is 1. The fourth-order valence-electron chi connectivity index (χ4n) is 2.43. The van der Waals surface area contributed by atoms with Gasteiger partial charge in [0.2, 0.25) is 0 Å². The van der Waals surface area contributed by atoms with E-state index in [-0.39, 0.29) is 15.8 Å². The van der Waals surface area contributed by atoms with Crippen LogP contribution in [-0.4, -0.2) is 21.1 Å². The number of allylic oxidation sites excluding steroid dienone is 2. The lowest BCUT2D eigenvalue weighted by atomic mass is 10.1. The maximum absolute atomic E-state index is 12.6. The Bertz CT molecular complexity index is 971. The van der Waals surface area contributed by atoms with Crippen molar-refractivity contribution in [3.63, 3.8) is 0 Å². The Balaban J connectivity index is 1.76. The Morgan fingerprint density at radius 1 is 1.15 bits per heavy atom. The minimum Gasteiger partial charge on any atom is -0.267 e. The van der Waals surface area contributed by atoms with Gasteiger partial charge in [0.25, 0.3) is 11.8 Å². The number of hydrogen-bond donors (Lipinski definition) is 1. The molecule has 3 rings (SSSR count). The zero-order valence-electron chi connectivity index (χ0n) is 14.3. The molecule has 0 spiro atoms. The van der Waals surface area contributed by atoms with Crippen LogP contribution in [0.1, 0.15) is 22.8 Å². The van der Waals surface area contributed by atoms with Gasteiger partial charge < -0.3 is 0 Å². The highest BCUT2D eigenvalue weighted by molar-refractivity contribution is 8.26. The van der Waals surface area contributed by atoms with E-state index in [4.69, 9.17) is 23.8 Å². The molecule has 1 saturated heterocycles. The number of nitrogens with zero attached hydrogens (tertiary/aromatic N) is 1. The van der Waals surface area contributed by atoms with Crippen LogP contribution < -0.4 is 5.43 Å². The van der Waals surface area contributed by atoms with Crippen molar-refractivity contribution >= 4 is 57.8 Å². The summed E-state index contributed by atoms with van der Waals surface area (Å²) in [4.78, 5) is 25.5. The van der Waals surface area contributed by atoms with E-state index in [9.17, 15) is 9.59 Å². The summed E-state index contributed by atoms with van der Waals surface area (Å²) < 4.78 is 0.263. The van der Waals surface area contributed by atoms with Gasteiger partial charge in [-0.15, -0.1) is 0 Å². The monoisotopic (exact) mass is 414 g/mol. The lowest BCUT2D eigenvalue weighted by molar-refractivity contribution is -0.123. The molecule has 7 heteroatoms. The van der Waals surface area contributed by atoms with E-state index in [0.29, 0.717) is 9.93 Å². The Morgan fingerprint density at radius 2 is 1.81 bits per heavy atom. The Labute approximate surface area is 171 Å². The maximum atomic E-state index is 12.6. The number of rotatable bonds is 4. The molecule has 136 valence electrons. The van der Waals surface area contributed by atoms with Crippen molar-refractivity contribution in [2.45, 2.75) is 6.92 Å². The van der Waals surface area contributed by atoms with Gasteiger partial charge in [0, 0.05) is 0 Å². The van der Waals surface area contributed by atoms with E-state index in [1.165, 1.54) is 0 Å². The molecular formula is C20H15ClN2O2S2. The molecule has 2 aromatic carbocycles. The maximum Gasteiger partial charge on any atom is 0.285 e. The van der Waals surface area contributed by atoms with E-state index >= 15 is 0 Å². The normalized spacial score (nSPS) is 16.1. The number of carbonyl (C=O) groups excluding carboxylic acids is 2. The highest BCUT2D eigenvalue weighted by atomic mass is 35.5. The third kappa shape index (κ3) is 4.66. The van der Waals surface area contributed by atoms with Crippen molar-refractivity contribution in [2.24, 2.45) is 0 Å². The van der Waals surface area contributed by atoms with Crippen LogP contribution in [-0.2, 0) is 4.79 Å². The van der Waals surface area contributed by atoms with Crippen molar-refractivity contribution in [3.8, 4) is 0 Å². The zero-order chi connectivity index (χ0) is 19.4. The number of hydrogen-bond acceptors (Lipinski definition) is 4. The molecule has 0 unspecified atom stereocenters. The topological polar surface area (TPSA) is 49.4 Å². The molecule has 2 aromatic rings. The second-order valence-corrected chi connectivity index (χ2v) is 7.82. The highest BCUT2D eigenvalue weighted by Crippen LogP contribution is 2.31. The van der Waals surface area contributed by atoms with Gasteiger partial charge in [-0.3, -0.25) is 15.0 Å². The van der Waals surface area contributed by atoms with Gasteiger partial charge >= 0.3 is 0 Å². The van der Waals surface area contributed by atoms with Crippen LogP contribution >= 0.6 is 35.6 Å². The molecule has 1 heterocycles. The second-order valence-electron chi connectivity index (χ2n) is 5.74. The summed E-state index contributed by atoms with van der Waals surface area (Å²) in [5, 5.41) is 1.38. The Kier molecular flexibility index (Phi) is 6.11. The van der Waals surface area contributed by atoms with Gasteiger partial charge in [0.05, 0.1) is 15.5 Å². The summed E-state index contributed by atoms with van der Waals surface area (Å²) in [6.07, 6.45) is 3.73. The van der Waals surface area contributed by atoms with Gasteiger partial charge in [-0.1, -0.05) is 71.9 Å². The summed E-state index contributed by atoms with van der Waals surface area (Å²) in [6, 6.07) is 16.4. The average molecular weight is 415 g/mol. The molecule has 1 N–H and O–H groups in total. The van der Waals surface area contributed by atoms with Crippen LogP contribution in [0.5, 0.6) is 0 Å². The first-order valence-corrected chi connectivity index (χ1v) is 9.63. The number of thiocarbonyl (C=S) groups is 1. The largest absolute Gasteiger partial charge is 0.285 e. The number of halogens is 1. The van der Waals surface area contributed by atoms with Crippen molar-refractivity contribution in [1.29, 1.82) is 0 Å². The molecule has 4 nitrogen and oxygen atoms in total. The summed E-state index contributed by atoms with van der Waals surface area (Å²) in [5.41, 5.74) is 4.74. The predicted molar refractivity (Wildman–Crippen MR) is 114 cm³/mol. The van der Waals surface area contributed by atoms with Gasteiger partial charge in [-0.25, -0.2) is 0 Å². The third-order valence-electron chi connectivity index (χ3n) is 3.68. The summed E-state index contributed by atoms with van der Waals surface area (Å²) in [7, 11) is 0. The zero-order valence-corrected chi connectivity index (χ0v) is 16.7. The number of carbonyl (C=O) groups is 2. The molecule has 0 aromatic heterocycles. The van der Waals surface area contributed by atoms with Crippen molar-refractivity contribution in [3.05, 3.63) is 87.3 Å². The van der Waals surface area contributed by atoms with Crippen LogP contribution in [0.25, 0.3) is 6.08 Å². The fourth-order valence-corrected chi connectivity index (χ4v) is 3.88. The number of hydrazine groups is 1. The number of amides is 2. The smallest absolute Gasteiger partial charge is 0.267 e. The SMILES string of the molecule is CC(=C\c1ccccc1)/C=C1/SC(=S)N(NC(=O)c2ccccc2Cl)C1=O. The van der Waals surface area contributed by atoms with E-state index in [1.54, 1.807) is 30.3 Å². The third-order valence-corrected chi connectivity index (χ3v) is 5.31. The number of benzene rings is 2. The predicted octanol–water partition coefficient (Wildman–Crippen LogP) is 4.83. The quantitative estimate of drug-likeness (QED) is 0.575. The number of thioether (sulfide) groups is 1. The van der Waals surface area contributed by atoms with Crippen LogP contribution in [0.15, 0.2) is 71.2 Å².